The van der Waals surface area contributed by atoms with Gasteiger partial charge in [0, 0.05) is 11.3 Å². The smallest absolute Gasteiger partial charge is 0.233 e. The van der Waals surface area contributed by atoms with Gasteiger partial charge in [-0.2, -0.15) is 13.2 Å². The van der Waals surface area contributed by atoms with Gasteiger partial charge in [-0.1, -0.05) is 43.6 Å². The van der Waals surface area contributed by atoms with Gasteiger partial charge < -0.3 is 0 Å². The molecule has 0 aliphatic rings. The summed E-state index contributed by atoms with van der Waals surface area (Å²) < 4.78 is 39.0. The zero-order valence-corrected chi connectivity index (χ0v) is 11.6. The Kier molecular flexibility index (Phi) is 3.99. The zero-order valence-electron chi connectivity index (χ0n) is 10.9. The first-order valence-corrected chi connectivity index (χ1v) is 6.38. The van der Waals surface area contributed by atoms with Gasteiger partial charge in [0.05, 0.1) is 5.56 Å². The van der Waals surface area contributed by atoms with Gasteiger partial charge in [-0.3, -0.25) is 0 Å². The van der Waals surface area contributed by atoms with Crippen molar-refractivity contribution in [3.8, 4) is 11.4 Å². The van der Waals surface area contributed by atoms with E-state index in [1.165, 1.54) is 18.2 Å². The molecule has 1 aromatic carbocycles. The van der Waals surface area contributed by atoms with Crippen LogP contribution in [-0.2, 0) is 6.18 Å². The fourth-order valence-electron chi connectivity index (χ4n) is 1.78. The molecule has 0 saturated carbocycles. The molecule has 0 saturated heterocycles. The van der Waals surface area contributed by atoms with Gasteiger partial charge in [-0.15, -0.1) is 0 Å². The molecule has 1 heterocycles. The van der Waals surface area contributed by atoms with E-state index >= 15 is 0 Å². The Balaban J connectivity index is 2.63. The molecule has 0 atom stereocenters. The van der Waals surface area contributed by atoms with Crippen molar-refractivity contribution >= 4 is 11.6 Å². The molecule has 0 N–H and O–H groups in total. The summed E-state index contributed by atoms with van der Waals surface area (Å²) in [5, 5.41) is 0.135. The third kappa shape index (κ3) is 3.10. The molecule has 0 unspecified atom stereocenters. The second kappa shape index (κ2) is 5.40. The highest BCUT2D eigenvalue weighted by molar-refractivity contribution is 6.29. The Morgan fingerprint density at radius 3 is 2.35 bits per heavy atom. The van der Waals surface area contributed by atoms with Crippen LogP contribution in [0.5, 0.6) is 0 Å². The van der Waals surface area contributed by atoms with Crippen molar-refractivity contribution in [2.45, 2.75) is 25.9 Å². The van der Waals surface area contributed by atoms with E-state index in [1.54, 1.807) is 6.07 Å². The van der Waals surface area contributed by atoms with Gasteiger partial charge in [0.15, 0.2) is 5.82 Å². The summed E-state index contributed by atoms with van der Waals surface area (Å²) in [4.78, 5) is 8.10. The molecule has 0 aliphatic heterocycles. The van der Waals surface area contributed by atoms with Crippen LogP contribution in [0.1, 0.15) is 31.0 Å². The lowest BCUT2D eigenvalue weighted by Crippen LogP contribution is -2.08. The monoisotopic (exact) mass is 300 g/mol. The molecule has 20 heavy (non-hydrogen) atoms. The molecule has 2 rings (SSSR count). The first kappa shape index (κ1) is 14.8. The van der Waals surface area contributed by atoms with Crippen LogP contribution >= 0.6 is 11.6 Å². The molecule has 0 radical (unpaired) electrons. The fourth-order valence-corrected chi connectivity index (χ4v) is 1.97. The molecule has 0 spiro atoms. The lowest BCUT2D eigenvalue weighted by Gasteiger charge is -2.13. The standard InChI is InChI=1S/C14H12ClF3N2/c1-8(2)11-7-12(15)20-13(19-11)9-5-3-4-6-10(9)14(16,17)18/h3-8H,1-2H3. The Labute approximate surface area is 119 Å². The quantitative estimate of drug-likeness (QED) is 0.734. The minimum absolute atomic E-state index is 0.00544. The number of rotatable bonds is 2. The third-order valence-corrected chi connectivity index (χ3v) is 2.97. The maximum absolute atomic E-state index is 13.0. The number of hydrogen-bond acceptors (Lipinski definition) is 2. The molecule has 0 bridgehead atoms. The van der Waals surface area contributed by atoms with Crippen LogP contribution in [0.3, 0.4) is 0 Å². The van der Waals surface area contributed by atoms with Crippen molar-refractivity contribution < 1.29 is 13.2 Å². The van der Waals surface area contributed by atoms with E-state index in [-0.39, 0.29) is 22.5 Å². The number of halogens is 4. The number of benzene rings is 1. The lowest BCUT2D eigenvalue weighted by molar-refractivity contribution is -0.137. The summed E-state index contributed by atoms with van der Waals surface area (Å²) in [5.41, 5.74) is -0.224. The molecular formula is C14H12ClF3N2. The van der Waals surface area contributed by atoms with Crippen LogP contribution in [-0.4, -0.2) is 9.97 Å². The minimum atomic E-state index is -4.46. The van der Waals surface area contributed by atoms with E-state index in [2.05, 4.69) is 9.97 Å². The summed E-state index contributed by atoms with van der Waals surface area (Å²) in [6, 6.07) is 6.77. The summed E-state index contributed by atoms with van der Waals surface area (Å²) in [6.45, 7) is 3.77. The summed E-state index contributed by atoms with van der Waals surface area (Å²) in [7, 11) is 0. The number of hydrogen-bond donors (Lipinski definition) is 0. The Morgan fingerprint density at radius 1 is 1.10 bits per heavy atom. The maximum Gasteiger partial charge on any atom is 0.417 e. The molecule has 0 fully saturated rings. The van der Waals surface area contributed by atoms with E-state index in [0.717, 1.165) is 6.07 Å². The van der Waals surface area contributed by atoms with E-state index < -0.39 is 11.7 Å². The van der Waals surface area contributed by atoms with Crippen molar-refractivity contribution in [2.75, 3.05) is 0 Å². The van der Waals surface area contributed by atoms with Gasteiger partial charge in [-0.05, 0) is 18.1 Å². The molecule has 0 amide bonds. The Bertz CT molecular complexity index is 624. The average molecular weight is 301 g/mol. The van der Waals surface area contributed by atoms with Crippen molar-refractivity contribution in [1.82, 2.24) is 9.97 Å². The highest BCUT2D eigenvalue weighted by Crippen LogP contribution is 2.36. The van der Waals surface area contributed by atoms with Gasteiger partial charge in [0.25, 0.3) is 0 Å². The van der Waals surface area contributed by atoms with Gasteiger partial charge >= 0.3 is 6.18 Å². The maximum atomic E-state index is 13.0. The van der Waals surface area contributed by atoms with Crippen molar-refractivity contribution in [2.24, 2.45) is 0 Å². The highest BCUT2D eigenvalue weighted by Gasteiger charge is 2.34. The second-order valence-electron chi connectivity index (χ2n) is 4.64. The first-order chi connectivity index (χ1) is 9.29. The van der Waals surface area contributed by atoms with Crippen LogP contribution in [0.4, 0.5) is 13.2 Å². The van der Waals surface area contributed by atoms with Gasteiger partial charge in [0.1, 0.15) is 5.15 Å². The van der Waals surface area contributed by atoms with Crippen molar-refractivity contribution in [3.05, 3.63) is 46.7 Å². The predicted octanol–water partition coefficient (Wildman–Crippen LogP) is 4.94. The van der Waals surface area contributed by atoms with Crippen LogP contribution < -0.4 is 0 Å². The molecule has 0 aliphatic carbocycles. The van der Waals surface area contributed by atoms with Crippen LogP contribution in [0.15, 0.2) is 30.3 Å². The summed E-state index contributed by atoms with van der Waals surface area (Å²) >= 11 is 5.88. The van der Waals surface area contributed by atoms with E-state index in [4.69, 9.17) is 11.6 Å². The van der Waals surface area contributed by atoms with Crippen LogP contribution in [0.2, 0.25) is 5.15 Å². The number of alkyl halides is 3. The molecular weight excluding hydrogens is 289 g/mol. The third-order valence-electron chi connectivity index (χ3n) is 2.78. The molecule has 2 nitrogen and oxygen atoms in total. The normalized spacial score (nSPS) is 11.9. The highest BCUT2D eigenvalue weighted by atomic mass is 35.5. The Morgan fingerprint density at radius 2 is 1.75 bits per heavy atom. The largest absolute Gasteiger partial charge is 0.417 e. The predicted molar refractivity (Wildman–Crippen MR) is 71.6 cm³/mol. The molecule has 106 valence electrons. The minimum Gasteiger partial charge on any atom is -0.233 e. The number of aromatic nitrogens is 2. The van der Waals surface area contributed by atoms with Crippen molar-refractivity contribution in [3.63, 3.8) is 0 Å². The Hall–Kier alpha value is -1.62. The average Bonchev–Trinajstić information content (AvgIpc) is 2.37. The fraction of sp³-hybridized carbons (Fsp3) is 0.286. The lowest BCUT2D eigenvalue weighted by atomic mass is 10.1. The zero-order chi connectivity index (χ0) is 14.9. The van der Waals surface area contributed by atoms with Crippen LogP contribution in [0, 0.1) is 0 Å². The van der Waals surface area contributed by atoms with Crippen molar-refractivity contribution in [1.29, 1.82) is 0 Å². The van der Waals surface area contributed by atoms with Crippen LogP contribution in [0.25, 0.3) is 11.4 Å². The van der Waals surface area contributed by atoms with E-state index in [0.29, 0.717) is 5.69 Å². The van der Waals surface area contributed by atoms with Gasteiger partial charge in [-0.25, -0.2) is 9.97 Å². The SMILES string of the molecule is CC(C)c1cc(Cl)nc(-c2ccccc2C(F)(F)F)n1. The molecule has 6 heteroatoms. The van der Waals surface area contributed by atoms with E-state index in [9.17, 15) is 13.2 Å². The summed E-state index contributed by atoms with van der Waals surface area (Å²) in [5.74, 6) is 0.0430. The number of nitrogens with zero attached hydrogens (tertiary/aromatic N) is 2. The molecule has 2 aromatic rings. The first-order valence-electron chi connectivity index (χ1n) is 6.00. The van der Waals surface area contributed by atoms with Gasteiger partial charge in [0.2, 0.25) is 0 Å². The topological polar surface area (TPSA) is 25.8 Å². The summed E-state index contributed by atoms with van der Waals surface area (Å²) in [6.07, 6.45) is -4.46. The second-order valence-corrected chi connectivity index (χ2v) is 5.02. The van der Waals surface area contributed by atoms with E-state index in [1.807, 2.05) is 13.8 Å². The molecule has 1 aromatic heterocycles.